The van der Waals surface area contributed by atoms with Crippen LogP contribution in [0.25, 0.3) is 0 Å². The van der Waals surface area contributed by atoms with Crippen LogP contribution < -0.4 is 10.6 Å². The van der Waals surface area contributed by atoms with Crippen LogP contribution in [-0.2, 0) is 4.79 Å². The van der Waals surface area contributed by atoms with Gasteiger partial charge in [-0.2, -0.15) is 0 Å². The van der Waals surface area contributed by atoms with Gasteiger partial charge in [0.2, 0.25) is 0 Å². The van der Waals surface area contributed by atoms with Gasteiger partial charge in [0.25, 0.3) is 5.91 Å². The van der Waals surface area contributed by atoms with Crippen molar-refractivity contribution in [3.05, 3.63) is 29.8 Å². The molecule has 0 aliphatic heterocycles. The standard InChI is InChI=1S/C15H22NO2P/c17-12-8-4-2-1-3-7-11-16-15(18)13-9-5-6-10-14(13)19/h5-6,9-10,12H,1-4,7-8,11,19H2,(H,16,18). The van der Waals surface area contributed by atoms with Crippen molar-refractivity contribution in [2.75, 3.05) is 6.54 Å². The summed E-state index contributed by atoms with van der Waals surface area (Å²) in [5.41, 5.74) is 0.721. The summed E-state index contributed by atoms with van der Waals surface area (Å²) < 4.78 is 0. The van der Waals surface area contributed by atoms with Crippen LogP contribution in [0.15, 0.2) is 24.3 Å². The molecule has 0 saturated heterocycles. The summed E-state index contributed by atoms with van der Waals surface area (Å²) in [7, 11) is 2.58. The number of carbonyl (C=O) groups excluding carboxylic acids is 2. The van der Waals surface area contributed by atoms with Crippen molar-refractivity contribution in [1.82, 2.24) is 5.32 Å². The Morgan fingerprint density at radius 2 is 1.79 bits per heavy atom. The number of unbranched alkanes of at least 4 members (excludes halogenated alkanes) is 5. The third-order valence-corrected chi connectivity index (χ3v) is 3.49. The topological polar surface area (TPSA) is 46.2 Å². The van der Waals surface area contributed by atoms with Crippen LogP contribution in [-0.4, -0.2) is 18.7 Å². The van der Waals surface area contributed by atoms with Crippen LogP contribution in [0.4, 0.5) is 0 Å². The van der Waals surface area contributed by atoms with Crippen LogP contribution in [0.5, 0.6) is 0 Å². The molecule has 0 bridgehead atoms. The Bertz CT molecular complexity index is 407. The second kappa shape index (κ2) is 9.69. The van der Waals surface area contributed by atoms with Gasteiger partial charge in [-0.25, -0.2) is 0 Å². The van der Waals surface area contributed by atoms with E-state index in [-0.39, 0.29) is 5.91 Å². The van der Waals surface area contributed by atoms with Crippen molar-refractivity contribution >= 4 is 26.7 Å². The maximum Gasteiger partial charge on any atom is 0.251 e. The van der Waals surface area contributed by atoms with Gasteiger partial charge in [-0.3, -0.25) is 4.79 Å². The molecule has 0 radical (unpaired) electrons. The first-order valence-corrected chi connectivity index (χ1v) is 7.40. The second-order valence-electron chi connectivity index (χ2n) is 4.57. The molecule has 4 heteroatoms. The molecule has 0 fully saturated rings. The van der Waals surface area contributed by atoms with E-state index >= 15 is 0 Å². The van der Waals surface area contributed by atoms with Gasteiger partial charge in [0.1, 0.15) is 6.29 Å². The quantitative estimate of drug-likeness (QED) is 0.429. The lowest BCUT2D eigenvalue weighted by molar-refractivity contribution is -0.107. The molecule has 1 rings (SSSR count). The molecule has 1 aromatic carbocycles. The number of rotatable bonds is 9. The first kappa shape index (κ1) is 15.8. The fourth-order valence-electron chi connectivity index (χ4n) is 1.88. The largest absolute Gasteiger partial charge is 0.352 e. The summed E-state index contributed by atoms with van der Waals surface area (Å²) in [6.45, 7) is 0.714. The van der Waals surface area contributed by atoms with Gasteiger partial charge < -0.3 is 10.1 Å². The first-order valence-electron chi connectivity index (χ1n) is 6.82. The Hall–Kier alpha value is -1.21. The monoisotopic (exact) mass is 279 g/mol. The van der Waals surface area contributed by atoms with E-state index in [1.54, 1.807) is 0 Å². The minimum atomic E-state index is -0.00782. The molecule has 104 valence electrons. The van der Waals surface area contributed by atoms with Gasteiger partial charge in [-0.05, 0) is 24.2 Å². The molecule has 1 unspecified atom stereocenters. The maximum atomic E-state index is 11.9. The number of aldehydes is 1. The van der Waals surface area contributed by atoms with E-state index < -0.39 is 0 Å². The van der Waals surface area contributed by atoms with Crippen LogP contribution in [0.2, 0.25) is 0 Å². The first-order chi connectivity index (χ1) is 9.25. The van der Waals surface area contributed by atoms with E-state index in [1.165, 1.54) is 0 Å². The number of amides is 1. The lowest BCUT2D eigenvalue weighted by Crippen LogP contribution is -2.27. The molecule has 0 heterocycles. The number of hydrogen-bond donors (Lipinski definition) is 1. The highest BCUT2D eigenvalue weighted by Gasteiger charge is 2.06. The molecule has 0 aliphatic rings. The average molecular weight is 279 g/mol. The normalized spacial score (nSPS) is 10.2. The fourth-order valence-corrected chi connectivity index (χ4v) is 2.22. The van der Waals surface area contributed by atoms with E-state index in [9.17, 15) is 9.59 Å². The summed E-state index contributed by atoms with van der Waals surface area (Å²) in [5.74, 6) is -0.00782. The number of benzene rings is 1. The van der Waals surface area contributed by atoms with Crippen molar-refractivity contribution in [3.63, 3.8) is 0 Å². The zero-order valence-corrected chi connectivity index (χ0v) is 12.4. The van der Waals surface area contributed by atoms with Crippen molar-refractivity contribution in [3.8, 4) is 0 Å². The Morgan fingerprint density at radius 3 is 2.53 bits per heavy atom. The predicted molar refractivity (Wildman–Crippen MR) is 81.9 cm³/mol. The maximum absolute atomic E-state index is 11.9. The molecule has 0 spiro atoms. The van der Waals surface area contributed by atoms with Crippen LogP contribution >= 0.6 is 9.24 Å². The summed E-state index contributed by atoms with van der Waals surface area (Å²) in [4.78, 5) is 22.0. The lowest BCUT2D eigenvalue weighted by Gasteiger charge is -2.07. The highest BCUT2D eigenvalue weighted by atomic mass is 31.0. The minimum absolute atomic E-state index is 0.00782. The lowest BCUT2D eigenvalue weighted by atomic mass is 10.1. The number of carbonyl (C=O) groups is 2. The van der Waals surface area contributed by atoms with E-state index in [0.29, 0.717) is 13.0 Å². The van der Waals surface area contributed by atoms with Gasteiger partial charge in [0.15, 0.2) is 0 Å². The molecule has 1 amide bonds. The predicted octanol–water partition coefficient (Wildman–Crippen LogP) is 2.46. The van der Waals surface area contributed by atoms with Gasteiger partial charge in [-0.1, -0.05) is 37.5 Å². The van der Waals surface area contributed by atoms with E-state index in [2.05, 4.69) is 14.6 Å². The molecular formula is C15H22NO2P. The Kier molecular flexibility index (Phi) is 8.08. The Labute approximate surface area is 117 Å². The number of hydrogen-bond acceptors (Lipinski definition) is 2. The SMILES string of the molecule is O=CCCCCCCCNC(=O)c1ccccc1P. The van der Waals surface area contributed by atoms with Crippen molar-refractivity contribution in [2.24, 2.45) is 0 Å². The Balaban J connectivity index is 2.11. The van der Waals surface area contributed by atoms with E-state index in [4.69, 9.17) is 0 Å². The summed E-state index contributed by atoms with van der Waals surface area (Å²) in [6.07, 6.45) is 6.94. The van der Waals surface area contributed by atoms with Crippen molar-refractivity contribution < 1.29 is 9.59 Å². The molecular weight excluding hydrogens is 257 g/mol. The molecule has 1 N–H and O–H groups in total. The summed E-state index contributed by atoms with van der Waals surface area (Å²) in [6, 6.07) is 7.53. The molecule has 19 heavy (non-hydrogen) atoms. The van der Waals surface area contributed by atoms with Crippen molar-refractivity contribution in [1.29, 1.82) is 0 Å². The Morgan fingerprint density at radius 1 is 1.11 bits per heavy atom. The van der Waals surface area contributed by atoms with Gasteiger partial charge >= 0.3 is 0 Å². The minimum Gasteiger partial charge on any atom is -0.352 e. The fraction of sp³-hybridized carbons (Fsp3) is 0.467. The third-order valence-electron chi connectivity index (χ3n) is 2.99. The van der Waals surface area contributed by atoms with Crippen LogP contribution in [0.3, 0.4) is 0 Å². The molecule has 0 aromatic heterocycles. The molecule has 3 nitrogen and oxygen atoms in total. The van der Waals surface area contributed by atoms with Gasteiger partial charge in [0, 0.05) is 18.5 Å². The molecule has 0 saturated carbocycles. The number of nitrogens with one attached hydrogen (secondary N) is 1. The highest BCUT2D eigenvalue weighted by molar-refractivity contribution is 7.27. The summed E-state index contributed by atoms with van der Waals surface area (Å²) >= 11 is 0. The van der Waals surface area contributed by atoms with E-state index in [1.807, 2.05) is 24.3 Å². The van der Waals surface area contributed by atoms with Crippen LogP contribution in [0.1, 0.15) is 48.9 Å². The average Bonchev–Trinajstić information content (AvgIpc) is 2.42. The van der Waals surface area contributed by atoms with Gasteiger partial charge in [0.05, 0.1) is 0 Å². The zero-order valence-electron chi connectivity index (χ0n) is 11.2. The van der Waals surface area contributed by atoms with E-state index in [0.717, 1.165) is 49.3 Å². The molecule has 1 atom stereocenters. The van der Waals surface area contributed by atoms with Crippen LogP contribution in [0, 0.1) is 0 Å². The second-order valence-corrected chi connectivity index (χ2v) is 5.19. The highest BCUT2D eigenvalue weighted by Crippen LogP contribution is 2.04. The third kappa shape index (κ3) is 6.49. The van der Waals surface area contributed by atoms with Crippen molar-refractivity contribution in [2.45, 2.75) is 38.5 Å². The molecule has 0 aliphatic carbocycles. The molecule has 1 aromatic rings. The van der Waals surface area contributed by atoms with Gasteiger partial charge in [-0.15, -0.1) is 9.24 Å². The summed E-state index contributed by atoms with van der Waals surface area (Å²) in [5, 5.41) is 3.86. The zero-order chi connectivity index (χ0) is 13.9. The smallest absolute Gasteiger partial charge is 0.251 e.